The monoisotopic (exact) mass is 454 g/mol. The zero-order chi connectivity index (χ0) is 23.8. The van der Waals surface area contributed by atoms with Gasteiger partial charge in [0.15, 0.2) is 0 Å². The molecule has 2 aromatic rings. The van der Waals surface area contributed by atoms with Gasteiger partial charge in [-0.05, 0) is 41.3 Å². The topological polar surface area (TPSA) is 56.8 Å². The van der Waals surface area contributed by atoms with Crippen molar-refractivity contribution < 1.29 is 13.9 Å². The number of hydrogen-bond donors (Lipinski definition) is 2. The smallest absolute Gasteiger partial charge is 0.220 e. The van der Waals surface area contributed by atoms with Crippen molar-refractivity contribution in [2.24, 2.45) is 5.92 Å². The molecule has 7 heteroatoms. The molecule has 1 aliphatic heterocycles. The van der Waals surface area contributed by atoms with Gasteiger partial charge in [0.2, 0.25) is 5.91 Å². The molecular formula is C26H35FN4O2. The number of benzene rings is 2. The Hall–Kier alpha value is -3.06. The summed E-state index contributed by atoms with van der Waals surface area (Å²) in [4.78, 5) is 15.9. The van der Waals surface area contributed by atoms with Crippen LogP contribution in [-0.4, -0.2) is 48.1 Å². The van der Waals surface area contributed by atoms with Crippen molar-refractivity contribution in [2.45, 2.75) is 39.9 Å². The number of ether oxygens (including phenoxy) is 1. The second-order valence-electron chi connectivity index (χ2n) is 8.91. The Morgan fingerprint density at radius 2 is 1.88 bits per heavy atom. The average Bonchev–Trinajstić information content (AvgIpc) is 2.81. The maximum atomic E-state index is 13.4. The van der Waals surface area contributed by atoms with E-state index in [4.69, 9.17) is 4.74 Å². The Bertz CT molecular complexity index is 915. The van der Waals surface area contributed by atoms with Crippen LogP contribution in [0, 0.1) is 11.7 Å². The minimum absolute atomic E-state index is 0.0345. The third-order valence-corrected chi connectivity index (χ3v) is 5.62. The van der Waals surface area contributed by atoms with Gasteiger partial charge in [-0.2, -0.15) is 0 Å². The summed E-state index contributed by atoms with van der Waals surface area (Å²) in [6.45, 7) is 13.9. The van der Waals surface area contributed by atoms with E-state index < -0.39 is 0 Å². The number of rotatable bonds is 10. The lowest BCUT2D eigenvalue weighted by molar-refractivity contribution is -0.131. The third-order valence-electron chi connectivity index (χ3n) is 5.62. The van der Waals surface area contributed by atoms with E-state index in [0.29, 0.717) is 38.8 Å². The van der Waals surface area contributed by atoms with Gasteiger partial charge in [0, 0.05) is 33.1 Å². The summed E-state index contributed by atoms with van der Waals surface area (Å²) in [5.41, 5.74) is 2.09. The SMILES string of the molecule is C=C(NCc1ccc(OCC(C)C)cc1)N(Cc1ccc(F)cc1)C1CNCN(C(C)=O)C1. The Labute approximate surface area is 196 Å². The maximum absolute atomic E-state index is 13.4. The molecule has 1 amide bonds. The van der Waals surface area contributed by atoms with Crippen LogP contribution in [-0.2, 0) is 17.9 Å². The number of nitrogens with one attached hydrogen (secondary N) is 2. The van der Waals surface area contributed by atoms with Crippen molar-refractivity contribution in [1.29, 1.82) is 0 Å². The summed E-state index contributed by atoms with van der Waals surface area (Å²) >= 11 is 0. The molecule has 178 valence electrons. The normalized spacial score (nSPS) is 15.9. The van der Waals surface area contributed by atoms with Crippen LogP contribution in [0.5, 0.6) is 5.75 Å². The molecule has 0 aromatic heterocycles. The van der Waals surface area contributed by atoms with E-state index in [9.17, 15) is 9.18 Å². The van der Waals surface area contributed by atoms with Gasteiger partial charge >= 0.3 is 0 Å². The summed E-state index contributed by atoms with van der Waals surface area (Å²) in [7, 11) is 0. The predicted molar refractivity (Wildman–Crippen MR) is 129 cm³/mol. The van der Waals surface area contributed by atoms with Gasteiger partial charge in [-0.1, -0.05) is 44.7 Å². The van der Waals surface area contributed by atoms with Gasteiger partial charge in [0.05, 0.1) is 25.1 Å². The first-order valence-corrected chi connectivity index (χ1v) is 11.4. The lowest BCUT2D eigenvalue weighted by Gasteiger charge is -2.41. The molecule has 0 radical (unpaired) electrons. The molecule has 2 N–H and O–H groups in total. The molecule has 0 aliphatic carbocycles. The highest BCUT2D eigenvalue weighted by Gasteiger charge is 2.27. The number of hydrogen-bond acceptors (Lipinski definition) is 5. The Morgan fingerprint density at radius 3 is 2.52 bits per heavy atom. The van der Waals surface area contributed by atoms with E-state index in [1.807, 2.05) is 24.3 Å². The summed E-state index contributed by atoms with van der Waals surface area (Å²) in [5, 5.41) is 6.74. The van der Waals surface area contributed by atoms with Crippen LogP contribution in [0.15, 0.2) is 60.9 Å². The van der Waals surface area contributed by atoms with Crippen LogP contribution >= 0.6 is 0 Å². The van der Waals surface area contributed by atoms with Crippen LogP contribution in [0.1, 0.15) is 31.9 Å². The first kappa shape index (κ1) is 24.6. The standard InChI is InChI=1S/C26H35FN4O2/c1-19(2)17-33-26-11-7-22(8-12-26)13-29-20(3)31(15-23-5-9-24(27)10-6-23)25-14-28-18-30(16-25)21(4)32/h5-12,19,25,28-29H,3,13-18H2,1-2,4H3. The molecule has 6 nitrogen and oxygen atoms in total. The van der Waals surface area contributed by atoms with Crippen molar-refractivity contribution in [3.63, 3.8) is 0 Å². The summed E-state index contributed by atoms with van der Waals surface area (Å²) in [6, 6.07) is 14.6. The second kappa shape index (κ2) is 11.7. The maximum Gasteiger partial charge on any atom is 0.220 e. The highest BCUT2D eigenvalue weighted by atomic mass is 19.1. The van der Waals surface area contributed by atoms with Crippen LogP contribution < -0.4 is 15.4 Å². The summed E-state index contributed by atoms with van der Waals surface area (Å²) in [5.74, 6) is 1.88. The van der Waals surface area contributed by atoms with Crippen molar-refractivity contribution in [3.05, 3.63) is 77.9 Å². The number of nitrogens with zero attached hydrogens (tertiary/aromatic N) is 2. The van der Waals surface area contributed by atoms with Gasteiger partial charge < -0.3 is 19.9 Å². The molecule has 0 saturated carbocycles. The molecule has 33 heavy (non-hydrogen) atoms. The van der Waals surface area contributed by atoms with Crippen molar-refractivity contribution in [2.75, 3.05) is 26.4 Å². The highest BCUT2D eigenvalue weighted by molar-refractivity contribution is 5.73. The van der Waals surface area contributed by atoms with E-state index in [1.165, 1.54) is 12.1 Å². The molecule has 2 aromatic carbocycles. The molecule has 1 unspecified atom stereocenters. The molecular weight excluding hydrogens is 419 g/mol. The Kier molecular flexibility index (Phi) is 8.72. The second-order valence-corrected chi connectivity index (χ2v) is 8.91. The molecule has 1 saturated heterocycles. The third kappa shape index (κ3) is 7.49. The molecule has 1 atom stereocenters. The van der Waals surface area contributed by atoms with Crippen molar-refractivity contribution in [3.8, 4) is 5.75 Å². The first-order valence-electron chi connectivity index (χ1n) is 11.4. The predicted octanol–water partition coefficient (Wildman–Crippen LogP) is 3.70. The van der Waals surface area contributed by atoms with Crippen molar-refractivity contribution >= 4 is 5.91 Å². The fourth-order valence-corrected chi connectivity index (χ4v) is 3.70. The average molecular weight is 455 g/mol. The van der Waals surface area contributed by atoms with Gasteiger partial charge in [-0.25, -0.2) is 4.39 Å². The fraction of sp³-hybridized carbons (Fsp3) is 0.423. The zero-order valence-electron chi connectivity index (χ0n) is 19.8. The van der Waals surface area contributed by atoms with Crippen LogP contribution in [0.4, 0.5) is 4.39 Å². The van der Waals surface area contributed by atoms with E-state index >= 15 is 0 Å². The van der Waals surface area contributed by atoms with Gasteiger partial charge in [0.1, 0.15) is 11.6 Å². The Morgan fingerprint density at radius 1 is 1.21 bits per heavy atom. The van der Waals surface area contributed by atoms with Crippen LogP contribution in [0.3, 0.4) is 0 Å². The van der Waals surface area contributed by atoms with E-state index in [2.05, 4.69) is 36.0 Å². The highest BCUT2D eigenvalue weighted by Crippen LogP contribution is 2.18. The van der Waals surface area contributed by atoms with Gasteiger partial charge in [-0.3, -0.25) is 10.1 Å². The van der Waals surface area contributed by atoms with Crippen LogP contribution in [0.25, 0.3) is 0 Å². The van der Waals surface area contributed by atoms with Crippen molar-refractivity contribution in [1.82, 2.24) is 20.4 Å². The molecule has 1 aliphatic rings. The first-order chi connectivity index (χ1) is 15.8. The molecule has 0 spiro atoms. The fourth-order valence-electron chi connectivity index (χ4n) is 3.70. The summed E-state index contributed by atoms with van der Waals surface area (Å²) < 4.78 is 19.2. The van der Waals surface area contributed by atoms with E-state index in [-0.39, 0.29) is 17.8 Å². The number of carbonyl (C=O) groups is 1. The lowest BCUT2D eigenvalue weighted by Crippen LogP contribution is -2.57. The van der Waals surface area contributed by atoms with E-state index in [1.54, 1.807) is 24.0 Å². The molecule has 0 bridgehead atoms. The van der Waals surface area contributed by atoms with Gasteiger partial charge in [-0.15, -0.1) is 0 Å². The Balaban J connectivity index is 1.66. The number of halogens is 1. The molecule has 1 heterocycles. The van der Waals surface area contributed by atoms with Crippen LogP contribution in [0.2, 0.25) is 0 Å². The number of amides is 1. The largest absolute Gasteiger partial charge is 0.493 e. The summed E-state index contributed by atoms with van der Waals surface area (Å²) in [6.07, 6.45) is 0. The minimum Gasteiger partial charge on any atom is -0.493 e. The minimum atomic E-state index is -0.259. The lowest BCUT2D eigenvalue weighted by atomic mass is 10.1. The van der Waals surface area contributed by atoms with E-state index in [0.717, 1.165) is 29.2 Å². The number of carbonyl (C=O) groups excluding carboxylic acids is 1. The quantitative estimate of drug-likeness (QED) is 0.573. The van der Waals surface area contributed by atoms with Gasteiger partial charge in [0.25, 0.3) is 0 Å². The molecule has 1 fully saturated rings. The molecule has 3 rings (SSSR count). The zero-order valence-corrected chi connectivity index (χ0v) is 19.8.